The highest BCUT2D eigenvalue weighted by Gasteiger charge is 2.21. The lowest BCUT2D eigenvalue weighted by molar-refractivity contribution is 0.0943. The van der Waals surface area contributed by atoms with E-state index in [2.05, 4.69) is 20.3 Å². The molecule has 1 fully saturated rings. The third kappa shape index (κ3) is 5.89. The second-order valence-electron chi connectivity index (χ2n) is 7.61. The van der Waals surface area contributed by atoms with Crippen LogP contribution in [0.5, 0.6) is 5.75 Å². The smallest absolute Gasteiger partial charge is 0.261 e. The Labute approximate surface area is 184 Å². The van der Waals surface area contributed by atoms with Gasteiger partial charge in [0.15, 0.2) is 0 Å². The van der Waals surface area contributed by atoms with E-state index >= 15 is 0 Å². The first-order valence-electron chi connectivity index (χ1n) is 10.5. The van der Waals surface area contributed by atoms with Crippen molar-refractivity contribution in [3.05, 3.63) is 48.0 Å². The molecule has 0 aliphatic carbocycles. The van der Waals surface area contributed by atoms with Crippen molar-refractivity contribution in [3.8, 4) is 5.75 Å². The van der Waals surface area contributed by atoms with Gasteiger partial charge in [-0.1, -0.05) is 0 Å². The summed E-state index contributed by atoms with van der Waals surface area (Å²) < 4.78 is 34.2. The Bertz CT molecular complexity index is 1000. The van der Waals surface area contributed by atoms with E-state index in [1.807, 2.05) is 20.8 Å². The van der Waals surface area contributed by atoms with Crippen molar-refractivity contribution in [3.63, 3.8) is 0 Å². The molecule has 8 nitrogen and oxygen atoms in total. The lowest BCUT2D eigenvalue weighted by Gasteiger charge is -2.31. The molecule has 3 N–H and O–H groups in total. The van der Waals surface area contributed by atoms with Crippen molar-refractivity contribution >= 4 is 27.3 Å². The third-order valence-corrected chi connectivity index (χ3v) is 6.21. The lowest BCUT2D eigenvalue weighted by Crippen LogP contribution is -2.43. The molecule has 9 heteroatoms. The van der Waals surface area contributed by atoms with E-state index < -0.39 is 10.0 Å². The molecule has 0 atom stereocenters. The van der Waals surface area contributed by atoms with Crippen LogP contribution in [0.4, 0.5) is 11.4 Å². The monoisotopic (exact) mass is 446 g/mol. The topological polar surface area (TPSA) is 99.8 Å². The minimum Gasteiger partial charge on any atom is -0.494 e. The van der Waals surface area contributed by atoms with Gasteiger partial charge in [0, 0.05) is 37.8 Å². The molecular weight excluding hydrogens is 416 g/mol. The van der Waals surface area contributed by atoms with Gasteiger partial charge in [-0.2, -0.15) is 0 Å². The van der Waals surface area contributed by atoms with E-state index in [0.29, 0.717) is 23.6 Å². The van der Waals surface area contributed by atoms with E-state index in [0.717, 1.165) is 31.9 Å². The van der Waals surface area contributed by atoms with Crippen molar-refractivity contribution in [1.29, 1.82) is 0 Å². The van der Waals surface area contributed by atoms with Gasteiger partial charge in [0.1, 0.15) is 5.75 Å². The molecule has 0 radical (unpaired) electrons. The predicted octanol–water partition coefficient (Wildman–Crippen LogP) is 2.43. The van der Waals surface area contributed by atoms with Crippen LogP contribution in [0.15, 0.2) is 47.4 Å². The number of anilines is 2. The number of nitrogens with zero attached hydrogens (tertiary/aromatic N) is 1. The number of carbonyl (C=O) groups excluding carboxylic acids is 1. The summed E-state index contributed by atoms with van der Waals surface area (Å²) in [5, 5.41) is 6.13. The second-order valence-corrected chi connectivity index (χ2v) is 9.29. The van der Waals surface area contributed by atoms with Gasteiger partial charge in [-0.25, -0.2) is 8.42 Å². The Morgan fingerprint density at radius 1 is 1.13 bits per heavy atom. The van der Waals surface area contributed by atoms with Crippen molar-refractivity contribution < 1.29 is 17.9 Å². The Hall–Kier alpha value is -2.78. The number of carbonyl (C=O) groups is 1. The maximum atomic E-state index is 13.1. The predicted molar refractivity (Wildman–Crippen MR) is 123 cm³/mol. The number of nitrogens with one attached hydrogen (secondary N) is 3. The number of rotatable bonds is 8. The van der Waals surface area contributed by atoms with Crippen molar-refractivity contribution in [2.45, 2.75) is 31.7 Å². The molecule has 2 aromatic rings. The van der Waals surface area contributed by atoms with Crippen LogP contribution in [0.25, 0.3) is 0 Å². The summed E-state index contributed by atoms with van der Waals surface area (Å²) in [7, 11) is -3.85. The summed E-state index contributed by atoms with van der Waals surface area (Å²) in [4.78, 5) is 14.7. The van der Waals surface area contributed by atoms with Gasteiger partial charge < -0.3 is 20.3 Å². The zero-order valence-corrected chi connectivity index (χ0v) is 19.0. The Morgan fingerprint density at radius 2 is 1.81 bits per heavy atom. The number of benzene rings is 2. The Balaban J connectivity index is 1.94. The number of amides is 1. The normalized spacial score (nSPS) is 14.4. The molecule has 0 unspecified atom stereocenters. The fourth-order valence-electron chi connectivity index (χ4n) is 3.37. The molecule has 1 amide bonds. The first kappa shape index (κ1) is 22.9. The van der Waals surface area contributed by atoms with Crippen LogP contribution in [0.2, 0.25) is 0 Å². The molecule has 3 rings (SSSR count). The average molecular weight is 447 g/mol. The van der Waals surface area contributed by atoms with Crippen molar-refractivity contribution in [2.24, 2.45) is 0 Å². The standard InChI is InChI=1S/C22H30N4O4S/c1-4-30-18-6-8-19(9-7-18)31(28,29)25-20-15-17(22(27)24-16(2)3)5-10-21(20)26-13-11-23-12-14-26/h5-10,15-16,23,25H,4,11-14H2,1-3H3,(H,24,27). The van der Waals surface area contributed by atoms with Crippen LogP contribution >= 0.6 is 0 Å². The van der Waals surface area contributed by atoms with Gasteiger partial charge in [0.25, 0.3) is 15.9 Å². The number of sulfonamides is 1. The van der Waals surface area contributed by atoms with Gasteiger partial charge in [-0.05, 0) is 63.2 Å². The van der Waals surface area contributed by atoms with Crippen LogP contribution in [0.1, 0.15) is 31.1 Å². The van der Waals surface area contributed by atoms with Crippen LogP contribution in [-0.4, -0.2) is 53.2 Å². The molecule has 1 heterocycles. The molecule has 1 saturated heterocycles. The van der Waals surface area contributed by atoms with E-state index in [1.165, 1.54) is 12.1 Å². The minimum absolute atomic E-state index is 0.0238. The van der Waals surface area contributed by atoms with Crippen LogP contribution in [-0.2, 0) is 10.0 Å². The zero-order valence-electron chi connectivity index (χ0n) is 18.1. The van der Waals surface area contributed by atoms with E-state index in [9.17, 15) is 13.2 Å². The minimum atomic E-state index is -3.85. The molecule has 0 spiro atoms. The third-order valence-electron chi connectivity index (χ3n) is 4.83. The first-order valence-corrected chi connectivity index (χ1v) is 11.9. The molecular formula is C22H30N4O4S. The number of ether oxygens (including phenoxy) is 1. The van der Waals surface area contributed by atoms with Gasteiger partial charge in [-0.15, -0.1) is 0 Å². The van der Waals surface area contributed by atoms with Gasteiger partial charge in [-0.3, -0.25) is 9.52 Å². The molecule has 0 bridgehead atoms. The molecule has 0 aromatic heterocycles. The summed E-state index contributed by atoms with van der Waals surface area (Å²) in [6, 6.07) is 11.4. The van der Waals surface area contributed by atoms with E-state index in [-0.39, 0.29) is 16.8 Å². The van der Waals surface area contributed by atoms with Crippen molar-refractivity contribution in [1.82, 2.24) is 10.6 Å². The summed E-state index contributed by atoms with van der Waals surface area (Å²) in [6.45, 7) is 9.23. The number of hydrogen-bond donors (Lipinski definition) is 3. The number of hydrogen-bond acceptors (Lipinski definition) is 6. The van der Waals surface area contributed by atoms with Gasteiger partial charge in [0.2, 0.25) is 0 Å². The molecule has 168 valence electrons. The fourth-order valence-corrected chi connectivity index (χ4v) is 4.44. The largest absolute Gasteiger partial charge is 0.494 e. The maximum absolute atomic E-state index is 13.1. The van der Waals surface area contributed by atoms with E-state index in [1.54, 1.807) is 30.3 Å². The zero-order chi connectivity index (χ0) is 22.4. The molecule has 31 heavy (non-hydrogen) atoms. The lowest BCUT2D eigenvalue weighted by atomic mass is 10.1. The van der Waals surface area contributed by atoms with Crippen molar-refractivity contribution in [2.75, 3.05) is 42.4 Å². The van der Waals surface area contributed by atoms with Crippen LogP contribution < -0.4 is 25.0 Å². The Morgan fingerprint density at radius 3 is 2.42 bits per heavy atom. The molecule has 0 saturated carbocycles. The summed E-state index contributed by atoms with van der Waals surface area (Å²) in [6.07, 6.45) is 0. The van der Waals surface area contributed by atoms with Crippen LogP contribution in [0, 0.1) is 0 Å². The highest BCUT2D eigenvalue weighted by molar-refractivity contribution is 7.92. The maximum Gasteiger partial charge on any atom is 0.261 e. The quantitative estimate of drug-likeness (QED) is 0.576. The highest BCUT2D eigenvalue weighted by atomic mass is 32.2. The first-order chi connectivity index (χ1) is 14.8. The second kappa shape index (κ2) is 10.0. The number of piperazine rings is 1. The van der Waals surface area contributed by atoms with E-state index in [4.69, 9.17) is 4.74 Å². The molecule has 1 aliphatic heterocycles. The fraction of sp³-hybridized carbons (Fsp3) is 0.409. The summed E-state index contributed by atoms with van der Waals surface area (Å²) in [5.74, 6) is 0.360. The summed E-state index contributed by atoms with van der Waals surface area (Å²) >= 11 is 0. The highest BCUT2D eigenvalue weighted by Crippen LogP contribution is 2.30. The van der Waals surface area contributed by atoms with Gasteiger partial charge in [0.05, 0.1) is 22.9 Å². The molecule has 2 aromatic carbocycles. The molecule has 1 aliphatic rings. The SMILES string of the molecule is CCOc1ccc(S(=O)(=O)Nc2cc(C(=O)NC(C)C)ccc2N2CCNCC2)cc1. The van der Waals surface area contributed by atoms with Crippen LogP contribution in [0.3, 0.4) is 0 Å². The Kier molecular flexibility index (Phi) is 7.40. The summed E-state index contributed by atoms with van der Waals surface area (Å²) in [5.41, 5.74) is 1.53. The van der Waals surface area contributed by atoms with Gasteiger partial charge >= 0.3 is 0 Å². The average Bonchev–Trinajstić information content (AvgIpc) is 2.74.